The van der Waals surface area contributed by atoms with E-state index in [1.54, 1.807) is 6.20 Å². The van der Waals surface area contributed by atoms with Gasteiger partial charge in [0.15, 0.2) is 0 Å². The van der Waals surface area contributed by atoms with E-state index in [0.29, 0.717) is 12.6 Å². The van der Waals surface area contributed by atoms with Crippen LogP contribution in [0.1, 0.15) is 29.5 Å². The molecule has 0 radical (unpaired) electrons. The highest BCUT2D eigenvalue weighted by atomic mass is 32.2. The van der Waals surface area contributed by atoms with Gasteiger partial charge in [0.2, 0.25) is 10.0 Å². The number of hydrogen-bond acceptors (Lipinski definition) is 5. The summed E-state index contributed by atoms with van der Waals surface area (Å²) in [6.45, 7) is 3.95. The van der Waals surface area contributed by atoms with Crippen molar-refractivity contribution in [2.75, 3.05) is 26.0 Å². The van der Waals surface area contributed by atoms with Crippen molar-refractivity contribution in [3.63, 3.8) is 0 Å². The fourth-order valence-electron chi connectivity index (χ4n) is 3.31. The molecular formula is C15H23N3O3S. The molecule has 0 spiro atoms. The predicted octanol–water partition coefficient (Wildman–Crippen LogP) is 0.668. The van der Waals surface area contributed by atoms with Crippen molar-refractivity contribution in [3.8, 4) is 0 Å². The molecule has 1 aromatic heterocycles. The number of pyridine rings is 1. The molecule has 122 valence electrons. The Balaban J connectivity index is 1.72. The minimum absolute atomic E-state index is 0.326. The van der Waals surface area contributed by atoms with Crippen LogP contribution in [0.4, 0.5) is 0 Å². The van der Waals surface area contributed by atoms with Crippen molar-refractivity contribution in [1.29, 1.82) is 0 Å². The van der Waals surface area contributed by atoms with Gasteiger partial charge in [-0.1, -0.05) is 0 Å². The lowest BCUT2D eigenvalue weighted by Crippen LogP contribution is -2.42. The summed E-state index contributed by atoms with van der Waals surface area (Å²) in [7, 11) is -3.18. The van der Waals surface area contributed by atoms with Gasteiger partial charge in [-0.25, -0.2) is 13.1 Å². The molecule has 1 fully saturated rings. The molecule has 0 amide bonds. The van der Waals surface area contributed by atoms with E-state index >= 15 is 0 Å². The fraction of sp³-hybridized carbons (Fsp3) is 0.667. The number of nitrogens with zero attached hydrogens (tertiary/aromatic N) is 2. The molecule has 0 aromatic carbocycles. The summed E-state index contributed by atoms with van der Waals surface area (Å²) in [6, 6.07) is 0.597. The molecule has 0 bridgehead atoms. The van der Waals surface area contributed by atoms with Gasteiger partial charge in [-0.05, 0) is 36.0 Å². The Kier molecular flexibility index (Phi) is 4.77. The van der Waals surface area contributed by atoms with Crippen LogP contribution in [-0.2, 0) is 34.3 Å². The molecule has 3 heterocycles. The highest BCUT2D eigenvalue weighted by Crippen LogP contribution is 2.26. The van der Waals surface area contributed by atoms with Gasteiger partial charge in [-0.2, -0.15) is 0 Å². The number of nitrogens with one attached hydrogen (secondary N) is 1. The molecule has 0 unspecified atom stereocenters. The molecule has 7 heteroatoms. The first kappa shape index (κ1) is 15.9. The molecule has 6 nitrogen and oxygen atoms in total. The number of ether oxygens (including phenoxy) is 1. The predicted molar refractivity (Wildman–Crippen MR) is 83.9 cm³/mol. The van der Waals surface area contributed by atoms with Crippen LogP contribution in [-0.4, -0.2) is 50.4 Å². The van der Waals surface area contributed by atoms with Gasteiger partial charge in [-0.3, -0.25) is 9.88 Å². The number of aromatic nitrogens is 1. The summed E-state index contributed by atoms with van der Waals surface area (Å²) in [5.41, 5.74) is 3.48. The third kappa shape index (κ3) is 3.84. The maximum absolute atomic E-state index is 11.3. The molecule has 1 saturated heterocycles. The van der Waals surface area contributed by atoms with Crippen LogP contribution in [0.2, 0.25) is 0 Å². The van der Waals surface area contributed by atoms with E-state index in [4.69, 9.17) is 4.74 Å². The zero-order chi connectivity index (χ0) is 15.6. The first-order valence-electron chi connectivity index (χ1n) is 7.74. The second-order valence-electron chi connectivity index (χ2n) is 6.09. The van der Waals surface area contributed by atoms with Crippen LogP contribution in [0, 0.1) is 0 Å². The Labute approximate surface area is 131 Å². The van der Waals surface area contributed by atoms with E-state index in [1.807, 2.05) is 6.20 Å². The second kappa shape index (κ2) is 6.62. The van der Waals surface area contributed by atoms with Crippen molar-refractivity contribution in [3.05, 3.63) is 29.1 Å². The zero-order valence-electron chi connectivity index (χ0n) is 12.9. The van der Waals surface area contributed by atoms with Crippen LogP contribution >= 0.6 is 0 Å². The Bertz CT molecular complexity index is 627. The first-order valence-corrected chi connectivity index (χ1v) is 9.63. The highest BCUT2D eigenvalue weighted by Gasteiger charge is 2.26. The molecule has 0 saturated carbocycles. The Morgan fingerprint density at radius 1 is 1.36 bits per heavy atom. The summed E-state index contributed by atoms with van der Waals surface area (Å²) in [6.07, 6.45) is 8.03. The van der Waals surface area contributed by atoms with Gasteiger partial charge in [0, 0.05) is 51.3 Å². The topological polar surface area (TPSA) is 71.5 Å². The monoisotopic (exact) mass is 325 g/mol. The van der Waals surface area contributed by atoms with E-state index < -0.39 is 10.0 Å². The normalized spacial score (nSPS) is 20.8. The number of sulfonamides is 1. The highest BCUT2D eigenvalue weighted by molar-refractivity contribution is 7.88. The summed E-state index contributed by atoms with van der Waals surface area (Å²) in [5, 5.41) is 0. The zero-order valence-corrected chi connectivity index (χ0v) is 13.7. The SMILES string of the molecule is CS(=O)(=O)NCc1cncc2c1CCN(C1CCOCC1)C2. The maximum Gasteiger partial charge on any atom is 0.209 e. The van der Waals surface area contributed by atoms with Crippen molar-refractivity contribution in [2.24, 2.45) is 0 Å². The van der Waals surface area contributed by atoms with Gasteiger partial charge in [0.25, 0.3) is 0 Å². The van der Waals surface area contributed by atoms with Crippen LogP contribution < -0.4 is 4.72 Å². The minimum Gasteiger partial charge on any atom is -0.381 e. The molecule has 22 heavy (non-hydrogen) atoms. The lowest BCUT2D eigenvalue weighted by atomic mass is 9.95. The van der Waals surface area contributed by atoms with Crippen LogP contribution in [0.3, 0.4) is 0 Å². The molecule has 0 aliphatic carbocycles. The van der Waals surface area contributed by atoms with Gasteiger partial charge in [0.05, 0.1) is 6.26 Å². The van der Waals surface area contributed by atoms with Crippen LogP contribution in [0.15, 0.2) is 12.4 Å². The number of fused-ring (bicyclic) bond motifs is 1. The molecule has 1 aromatic rings. The van der Waals surface area contributed by atoms with E-state index in [1.165, 1.54) is 17.4 Å². The van der Waals surface area contributed by atoms with Crippen molar-refractivity contribution >= 4 is 10.0 Å². The average Bonchev–Trinajstić information content (AvgIpc) is 2.52. The minimum atomic E-state index is -3.18. The number of hydrogen-bond donors (Lipinski definition) is 1. The van der Waals surface area contributed by atoms with Crippen molar-refractivity contribution in [2.45, 2.75) is 38.4 Å². The lowest BCUT2D eigenvalue weighted by molar-refractivity contribution is 0.0289. The maximum atomic E-state index is 11.3. The summed E-state index contributed by atoms with van der Waals surface area (Å²) in [5.74, 6) is 0. The second-order valence-corrected chi connectivity index (χ2v) is 7.93. The standard InChI is InChI=1S/C15H23N3O3S/c1-22(19,20)17-10-12-8-16-9-13-11-18(5-2-15(12)13)14-3-6-21-7-4-14/h8-9,14,17H,2-7,10-11H2,1H3. The molecule has 2 aliphatic heterocycles. The lowest BCUT2D eigenvalue weighted by Gasteiger charge is -2.37. The first-order chi connectivity index (χ1) is 10.5. The number of rotatable bonds is 4. The van der Waals surface area contributed by atoms with E-state index in [-0.39, 0.29) is 0 Å². The van der Waals surface area contributed by atoms with Crippen molar-refractivity contribution < 1.29 is 13.2 Å². The van der Waals surface area contributed by atoms with E-state index in [0.717, 1.165) is 51.1 Å². The van der Waals surface area contributed by atoms with E-state index in [2.05, 4.69) is 14.6 Å². The molecule has 2 aliphatic rings. The largest absolute Gasteiger partial charge is 0.381 e. The summed E-state index contributed by atoms with van der Waals surface area (Å²) in [4.78, 5) is 6.81. The van der Waals surface area contributed by atoms with Gasteiger partial charge in [0.1, 0.15) is 0 Å². The molecule has 1 N–H and O–H groups in total. The molecular weight excluding hydrogens is 302 g/mol. The van der Waals surface area contributed by atoms with Crippen molar-refractivity contribution in [1.82, 2.24) is 14.6 Å². The van der Waals surface area contributed by atoms with Gasteiger partial charge < -0.3 is 4.74 Å². The summed E-state index contributed by atoms with van der Waals surface area (Å²) < 4.78 is 30.6. The Hall–Kier alpha value is -1.02. The van der Waals surface area contributed by atoms with Crippen LogP contribution in [0.25, 0.3) is 0 Å². The van der Waals surface area contributed by atoms with E-state index in [9.17, 15) is 8.42 Å². The molecule has 0 atom stereocenters. The van der Waals surface area contributed by atoms with Crippen LogP contribution in [0.5, 0.6) is 0 Å². The smallest absolute Gasteiger partial charge is 0.209 e. The Morgan fingerprint density at radius 2 is 2.14 bits per heavy atom. The average molecular weight is 325 g/mol. The van der Waals surface area contributed by atoms with Gasteiger partial charge >= 0.3 is 0 Å². The third-order valence-corrected chi connectivity index (χ3v) is 5.16. The summed E-state index contributed by atoms with van der Waals surface area (Å²) >= 11 is 0. The molecule has 3 rings (SSSR count). The quantitative estimate of drug-likeness (QED) is 0.881. The third-order valence-electron chi connectivity index (χ3n) is 4.49. The Morgan fingerprint density at radius 3 is 2.86 bits per heavy atom. The van der Waals surface area contributed by atoms with Gasteiger partial charge in [-0.15, -0.1) is 0 Å². The fourth-order valence-corrected chi connectivity index (χ4v) is 3.73.